The van der Waals surface area contributed by atoms with E-state index in [0.29, 0.717) is 24.4 Å². The number of hydrogen-bond donors (Lipinski definition) is 1. The molecule has 0 bridgehead atoms. The summed E-state index contributed by atoms with van der Waals surface area (Å²) in [6, 6.07) is 0. The van der Waals surface area contributed by atoms with Gasteiger partial charge in [0.15, 0.2) is 5.96 Å². The van der Waals surface area contributed by atoms with Gasteiger partial charge < -0.3 is 10.2 Å². The van der Waals surface area contributed by atoms with Crippen molar-refractivity contribution in [3.8, 4) is 0 Å². The third kappa shape index (κ3) is 5.22. The molecule has 0 unspecified atom stereocenters. The molecule has 2 heterocycles. The van der Waals surface area contributed by atoms with E-state index in [0.717, 1.165) is 38.4 Å². The van der Waals surface area contributed by atoms with Gasteiger partial charge in [0.2, 0.25) is 10.0 Å². The molecule has 0 amide bonds. The minimum absolute atomic E-state index is 0. The van der Waals surface area contributed by atoms with Gasteiger partial charge in [0.1, 0.15) is 0 Å². The van der Waals surface area contributed by atoms with Gasteiger partial charge >= 0.3 is 0 Å². The summed E-state index contributed by atoms with van der Waals surface area (Å²) in [5.41, 5.74) is 0.554. The Morgan fingerprint density at radius 1 is 1.16 bits per heavy atom. The van der Waals surface area contributed by atoms with Gasteiger partial charge in [-0.15, -0.1) is 24.0 Å². The van der Waals surface area contributed by atoms with Crippen molar-refractivity contribution in [3.05, 3.63) is 0 Å². The molecule has 8 heteroatoms. The molecule has 2 saturated heterocycles. The highest BCUT2D eigenvalue weighted by Gasteiger charge is 2.41. The molecule has 0 aromatic heterocycles. The lowest BCUT2D eigenvalue weighted by atomic mass is 9.86. The number of guanidine groups is 1. The first kappa shape index (κ1) is 21.2. The predicted octanol–water partition coefficient (Wildman–Crippen LogP) is 2.12. The first-order chi connectivity index (χ1) is 11.4. The lowest BCUT2D eigenvalue weighted by Crippen LogP contribution is -2.45. The van der Waals surface area contributed by atoms with Crippen molar-refractivity contribution in [1.29, 1.82) is 0 Å². The van der Waals surface area contributed by atoms with Crippen molar-refractivity contribution < 1.29 is 8.42 Å². The maximum atomic E-state index is 11.6. The molecule has 2 aliphatic heterocycles. The number of aliphatic imine (C=N–C) groups is 1. The molecule has 146 valence electrons. The zero-order chi connectivity index (χ0) is 17.2. The average molecular weight is 484 g/mol. The number of nitrogens with one attached hydrogen (secondary N) is 1. The number of nitrogens with zero attached hydrogens (tertiary/aromatic N) is 3. The van der Waals surface area contributed by atoms with Gasteiger partial charge in [-0.3, -0.25) is 4.99 Å². The van der Waals surface area contributed by atoms with Crippen LogP contribution in [0.15, 0.2) is 4.99 Å². The third-order valence-corrected chi connectivity index (χ3v) is 7.51. The van der Waals surface area contributed by atoms with Gasteiger partial charge in [-0.05, 0) is 43.4 Å². The summed E-state index contributed by atoms with van der Waals surface area (Å²) in [6.45, 7) is 4.46. The summed E-state index contributed by atoms with van der Waals surface area (Å²) in [5.74, 6) is 1.56. The summed E-state index contributed by atoms with van der Waals surface area (Å²) in [7, 11) is -1.16. The summed E-state index contributed by atoms with van der Waals surface area (Å²) in [5, 5.41) is 3.55. The minimum Gasteiger partial charge on any atom is -0.356 e. The third-order valence-electron chi connectivity index (χ3n) is 6.21. The van der Waals surface area contributed by atoms with Crippen LogP contribution in [0.1, 0.15) is 44.9 Å². The van der Waals surface area contributed by atoms with Gasteiger partial charge in [0.05, 0.1) is 6.26 Å². The highest BCUT2D eigenvalue weighted by molar-refractivity contribution is 14.0. The predicted molar refractivity (Wildman–Crippen MR) is 113 cm³/mol. The van der Waals surface area contributed by atoms with Crippen LogP contribution in [0.3, 0.4) is 0 Å². The van der Waals surface area contributed by atoms with Crippen molar-refractivity contribution in [2.45, 2.75) is 44.9 Å². The van der Waals surface area contributed by atoms with Crippen molar-refractivity contribution in [2.24, 2.45) is 16.3 Å². The molecule has 0 aromatic carbocycles. The number of sulfonamides is 1. The molecule has 0 aromatic rings. The van der Waals surface area contributed by atoms with Crippen molar-refractivity contribution in [1.82, 2.24) is 14.5 Å². The van der Waals surface area contributed by atoms with Crippen LogP contribution in [-0.2, 0) is 10.0 Å². The molecular weight excluding hydrogens is 451 g/mol. The zero-order valence-corrected chi connectivity index (χ0v) is 18.7. The number of halogens is 1. The Morgan fingerprint density at radius 3 is 2.36 bits per heavy atom. The van der Waals surface area contributed by atoms with Crippen LogP contribution in [0.4, 0.5) is 0 Å². The lowest BCUT2D eigenvalue weighted by molar-refractivity contribution is 0.271. The highest BCUT2D eigenvalue weighted by atomic mass is 127. The van der Waals surface area contributed by atoms with E-state index in [2.05, 4.69) is 15.2 Å². The van der Waals surface area contributed by atoms with Crippen LogP contribution in [0.2, 0.25) is 0 Å². The Balaban J connectivity index is 0.00000225. The first-order valence-corrected chi connectivity index (χ1v) is 11.2. The Bertz CT molecular complexity index is 567. The van der Waals surface area contributed by atoms with E-state index >= 15 is 0 Å². The summed E-state index contributed by atoms with van der Waals surface area (Å²) in [4.78, 5) is 6.92. The van der Waals surface area contributed by atoms with E-state index in [1.807, 2.05) is 7.05 Å². The number of hydrogen-bond acceptors (Lipinski definition) is 3. The fourth-order valence-corrected chi connectivity index (χ4v) is 5.54. The molecule has 6 nitrogen and oxygen atoms in total. The van der Waals surface area contributed by atoms with Crippen LogP contribution in [0.5, 0.6) is 0 Å². The largest absolute Gasteiger partial charge is 0.356 e. The van der Waals surface area contributed by atoms with E-state index in [-0.39, 0.29) is 24.0 Å². The number of likely N-dealkylation sites (tertiary alicyclic amines) is 1. The number of piperidine rings is 1. The first-order valence-electron chi connectivity index (χ1n) is 9.33. The van der Waals surface area contributed by atoms with Gasteiger partial charge in [0, 0.05) is 39.8 Å². The zero-order valence-electron chi connectivity index (χ0n) is 15.5. The van der Waals surface area contributed by atoms with E-state index in [1.165, 1.54) is 38.4 Å². The second-order valence-corrected chi connectivity index (χ2v) is 9.89. The molecule has 1 spiro atoms. The lowest BCUT2D eigenvalue weighted by Gasteiger charge is -2.31. The molecule has 1 saturated carbocycles. The molecule has 0 radical (unpaired) electrons. The monoisotopic (exact) mass is 484 g/mol. The number of rotatable bonds is 3. The fraction of sp³-hybridized carbons (Fsp3) is 0.941. The van der Waals surface area contributed by atoms with Crippen LogP contribution in [-0.4, -0.2) is 69.6 Å². The van der Waals surface area contributed by atoms with Crippen molar-refractivity contribution >= 4 is 40.0 Å². The van der Waals surface area contributed by atoms with E-state index < -0.39 is 10.0 Å². The quantitative estimate of drug-likeness (QED) is 0.379. The van der Waals surface area contributed by atoms with Gasteiger partial charge in [-0.25, -0.2) is 12.7 Å². The summed E-state index contributed by atoms with van der Waals surface area (Å²) >= 11 is 0. The van der Waals surface area contributed by atoms with Crippen molar-refractivity contribution in [2.75, 3.05) is 46.0 Å². The standard InChI is InChI=1S/C17H32N4O2S.HI/c1-18-16(20-12-9-17(14-20)7-3-4-8-17)19-13-15-5-10-21(11-6-15)24(2,22)23;/h15H,3-14H2,1-2H3,(H,18,19);1H. The van der Waals surface area contributed by atoms with Crippen LogP contribution < -0.4 is 5.32 Å². The molecule has 3 fully saturated rings. The van der Waals surface area contributed by atoms with E-state index in [9.17, 15) is 8.42 Å². The average Bonchev–Trinajstić information content (AvgIpc) is 3.18. The van der Waals surface area contributed by atoms with Crippen molar-refractivity contribution in [3.63, 3.8) is 0 Å². The Labute approximate surface area is 169 Å². The fourth-order valence-electron chi connectivity index (χ4n) is 4.66. The molecule has 3 rings (SSSR count). The molecule has 25 heavy (non-hydrogen) atoms. The molecule has 0 atom stereocenters. The second-order valence-electron chi connectivity index (χ2n) is 7.91. The minimum atomic E-state index is -3.03. The highest BCUT2D eigenvalue weighted by Crippen LogP contribution is 2.45. The summed E-state index contributed by atoms with van der Waals surface area (Å²) in [6.07, 6.45) is 10.0. The van der Waals surface area contributed by atoms with E-state index in [4.69, 9.17) is 0 Å². The van der Waals surface area contributed by atoms with Gasteiger partial charge in [0.25, 0.3) is 0 Å². The summed E-state index contributed by atoms with van der Waals surface area (Å²) < 4.78 is 24.8. The SMILES string of the molecule is CN=C(NCC1CCN(S(C)(=O)=O)CC1)N1CCC2(CCCC2)C1.I. The van der Waals surface area contributed by atoms with Gasteiger partial charge in [-0.1, -0.05) is 12.8 Å². The van der Waals surface area contributed by atoms with Crippen LogP contribution in [0, 0.1) is 11.3 Å². The Kier molecular flexibility index (Phi) is 7.41. The van der Waals surface area contributed by atoms with E-state index in [1.54, 1.807) is 4.31 Å². The molecular formula is C17H33IN4O2S. The smallest absolute Gasteiger partial charge is 0.211 e. The Morgan fingerprint density at radius 2 is 1.80 bits per heavy atom. The topological polar surface area (TPSA) is 65.0 Å². The normalized spacial score (nSPS) is 25.4. The second kappa shape index (κ2) is 8.73. The molecule has 1 N–H and O–H groups in total. The van der Waals surface area contributed by atoms with Gasteiger partial charge in [-0.2, -0.15) is 0 Å². The maximum absolute atomic E-state index is 11.6. The molecule has 1 aliphatic carbocycles. The maximum Gasteiger partial charge on any atom is 0.211 e. The van der Waals surface area contributed by atoms with Crippen LogP contribution in [0.25, 0.3) is 0 Å². The molecule has 3 aliphatic rings. The Hall–Kier alpha value is -0.0900. The van der Waals surface area contributed by atoms with Crippen LogP contribution >= 0.6 is 24.0 Å².